The molecule has 0 spiro atoms. The van der Waals surface area contributed by atoms with Gasteiger partial charge in [0, 0.05) is 18.1 Å². The topological polar surface area (TPSA) is 43.4 Å². The lowest BCUT2D eigenvalue weighted by Crippen LogP contribution is -2.53. The first kappa shape index (κ1) is 27.1. The monoisotopic (exact) mass is 582 g/mol. The zero-order valence-electron chi connectivity index (χ0n) is 21.5. The van der Waals surface area contributed by atoms with Gasteiger partial charge >= 0.3 is 6.18 Å². The van der Waals surface area contributed by atoms with E-state index in [-0.39, 0.29) is 18.3 Å². The molecule has 206 valence electrons. The Kier molecular flexibility index (Phi) is 6.60. The molecule has 4 unspecified atom stereocenters. The van der Waals surface area contributed by atoms with Crippen LogP contribution in [0.3, 0.4) is 0 Å². The molecule has 2 aliphatic rings. The van der Waals surface area contributed by atoms with E-state index in [1.54, 1.807) is 12.1 Å². The summed E-state index contributed by atoms with van der Waals surface area (Å²) in [5.74, 6) is -1.10. The van der Waals surface area contributed by atoms with Crippen LogP contribution in [0.15, 0.2) is 95.9 Å². The van der Waals surface area contributed by atoms with Gasteiger partial charge in [-0.15, -0.1) is 0 Å². The van der Waals surface area contributed by atoms with Crippen molar-refractivity contribution in [2.24, 2.45) is 5.92 Å². The number of sulfone groups is 1. The number of allylic oxidation sites excluding steroid dienone is 1. The summed E-state index contributed by atoms with van der Waals surface area (Å²) in [5, 5.41) is 2.56. The fourth-order valence-electron chi connectivity index (χ4n) is 6.62. The zero-order valence-corrected chi connectivity index (χ0v) is 23.1. The summed E-state index contributed by atoms with van der Waals surface area (Å²) in [7, 11) is -3.10. The fourth-order valence-corrected chi connectivity index (χ4v) is 8.96. The van der Waals surface area contributed by atoms with E-state index in [1.165, 1.54) is 13.2 Å². The van der Waals surface area contributed by atoms with Crippen LogP contribution in [0.5, 0.6) is 0 Å². The van der Waals surface area contributed by atoms with Gasteiger partial charge in [-0.3, -0.25) is 0 Å². The number of hydrogen-bond acceptors (Lipinski definition) is 3. The van der Waals surface area contributed by atoms with Crippen molar-refractivity contribution in [3.05, 3.63) is 118 Å². The molecule has 0 bridgehead atoms. The predicted molar refractivity (Wildman–Crippen MR) is 151 cm³/mol. The molecule has 0 saturated heterocycles. The highest BCUT2D eigenvalue weighted by molar-refractivity contribution is 7.92. The average Bonchev–Trinajstić information content (AvgIpc) is 2.96. The Morgan fingerprint density at radius 1 is 0.950 bits per heavy atom. The fraction of sp³-hybridized carbons (Fsp3) is 0.250. The molecule has 0 aliphatic heterocycles. The minimum atomic E-state index is -4.69. The summed E-state index contributed by atoms with van der Waals surface area (Å²) in [6.07, 6.45) is 0.117. The van der Waals surface area contributed by atoms with Crippen LogP contribution in [-0.4, -0.2) is 20.5 Å². The van der Waals surface area contributed by atoms with Crippen LogP contribution in [0.4, 0.5) is 13.2 Å². The van der Waals surface area contributed by atoms with Gasteiger partial charge in [-0.25, -0.2) is 8.42 Å². The van der Waals surface area contributed by atoms with E-state index in [9.17, 15) is 21.6 Å². The molecule has 3 nitrogen and oxygen atoms in total. The van der Waals surface area contributed by atoms with E-state index in [1.807, 2.05) is 60.7 Å². The maximum Gasteiger partial charge on any atom is 0.416 e. The van der Waals surface area contributed by atoms with Crippen LogP contribution >= 0.6 is 11.6 Å². The first-order chi connectivity index (χ1) is 19.0. The van der Waals surface area contributed by atoms with Crippen LogP contribution in [0.1, 0.15) is 46.9 Å². The maximum atomic E-state index is 14.6. The summed E-state index contributed by atoms with van der Waals surface area (Å²) >= 11 is 6.13. The summed E-state index contributed by atoms with van der Waals surface area (Å²) in [5.41, 5.74) is 1.61. The standard InChI is InChI=1S/C32H26ClF3O3S/c1-39-31(40(37,38)26-7-4-6-24(18-26)32(34,35)36)19-23(20-9-13-25(33)14-10-20)17-22-12-15-28-27-8-3-2-5-21(27)11-16-29(28)30(22)31/h2-16,18,22-23,30H,17,19H2,1H3. The second-order valence-electron chi connectivity index (χ2n) is 10.5. The molecule has 0 radical (unpaired) electrons. The number of rotatable bonds is 4. The Labute approximate surface area is 236 Å². The summed E-state index contributed by atoms with van der Waals surface area (Å²) in [4.78, 5) is -2.23. The molecular weight excluding hydrogens is 557 g/mol. The third kappa shape index (κ3) is 4.26. The van der Waals surface area contributed by atoms with Gasteiger partial charge in [0.25, 0.3) is 0 Å². The van der Waals surface area contributed by atoms with E-state index in [4.69, 9.17) is 16.3 Å². The molecule has 4 aromatic rings. The normalized spacial score (nSPS) is 24.5. The predicted octanol–water partition coefficient (Wildman–Crippen LogP) is 8.63. The quantitative estimate of drug-likeness (QED) is 0.242. The SMILES string of the molecule is COC1(S(=O)(=O)c2cccc(C(F)(F)F)c2)CC(c2ccc(Cl)cc2)CC2C=Cc3c(ccc4ccccc34)C21. The number of benzene rings is 4. The Morgan fingerprint density at radius 3 is 2.42 bits per heavy atom. The molecular formula is C32H26ClF3O3S. The van der Waals surface area contributed by atoms with E-state index in [0.29, 0.717) is 11.4 Å². The molecule has 6 rings (SSSR count). The molecule has 0 aromatic heterocycles. The number of fused-ring (bicyclic) bond motifs is 5. The van der Waals surface area contributed by atoms with Crippen LogP contribution < -0.4 is 0 Å². The van der Waals surface area contributed by atoms with Crippen molar-refractivity contribution >= 4 is 38.3 Å². The van der Waals surface area contributed by atoms with Gasteiger partial charge < -0.3 is 4.74 Å². The third-order valence-corrected chi connectivity index (χ3v) is 11.1. The highest BCUT2D eigenvalue weighted by Gasteiger charge is 2.59. The smallest absolute Gasteiger partial charge is 0.361 e. The minimum Gasteiger partial charge on any atom is -0.361 e. The van der Waals surface area contributed by atoms with Crippen molar-refractivity contribution in [3.63, 3.8) is 0 Å². The van der Waals surface area contributed by atoms with E-state index < -0.39 is 37.3 Å². The van der Waals surface area contributed by atoms with Crippen LogP contribution in [0.25, 0.3) is 16.8 Å². The molecule has 2 aliphatic carbocycles. The van der Waals surface area contributed by atoms with Gasteiger partial charge in [-0.1, -0.05) is 78.4 Å². The van der Waals surface area contributed by atoms with Gasteiger partial charge in [-0.2, -0.15) is 13.2 Å². The molecule has 4 aromatic carbocycles. The summed E-state index contributed by atoms with van der Waals surface area (Å²) < 4.78 is 76.4. The largest absolute Gasteiger partial charge is 0.416 e. The highest BCUT2D eigenvalue weighted by Crippen LogP contribution is 2.58. The molecule has 40 heavy (non-hydrogen) atoms. The molecule has 0 heterocycles. The number of alkyl halides is 3. The van der Waals surface area contributed by atoms with Gasteiger partial charge in [0.15, 0.2) is 4.93 Å². The molecule has 0 N–H and O–H groups in total. The summed E-state index contributed by atoms with van der Waals surface area (Å²) in [6, 6.07) is 23.0. The average molecular weight is 583 g/mol. The van der Waals surface area contributed by atoms with Crippen LogP contribution in [0, 0.1) is 5.92 Å². The first-order valence-electron chi connectivity index (χ1n) is 13.0. The zero-order chi connectivity index (χ0) is 28.3. The third-order valence-electron chi connectivity index (χ3n) is 8.45. The molecule has 8 heteroatoms. The van der Waals surface area contributed by atoms with Gasteiger partial charge in [0.1, 0.15) is 0 Å². The Hall–Kier alpha value is -3.13. The van der Waals surface area contributed by atoms with Gasteiger partial charge in [0.05, 0.1) is 10.5 Å². The Bertz CT molecular complexity index is 1730. The maximum absolute atomic E-state index is 14.6. The molecule has 0 amide bonds. The number of hydrogen-bond donors (Lipinski definition) is 0. The van der Waals surface area contributed by atoms with Crippen molar-refractivity contribution in [2.45, 2.75) is 40.7 Å². The van der Waals surface area contributed by atoms with Crippen LogP contribution in [0.2, 0.25) is 5.02 Å². The Morgan fingerprint density at radius 2 is 1.70 bits per heavy atom. The lowest BCUT2D eigenvalue weighted by Gasteiger charge is -2.50. The van der Waals surface area contributed by atoms with Gasteiger partial charge in [-0.05, 0) is 82.5 Å². The summed E-state index contributed by atoms with van der Waals surface area (Å²) in [6.45, 7) is 0. The first-order valence-corrected chi connectivity index (χ1v) is 14.8. The van der Waals surface area contributed by atoms with Crippen molar-refractivity contribution in [3.8, 4) is 0 Å². The van der Waals surface area contributed by atoms with E-state index >= 15 is 0 Å². The minimum absolute atomic E-state index is 0.0744. The molecule has 1 saturated carbocycles. The van der Waals surface area contributed by atoms with E-state index in [0.717, 1.165) is 45.7 Å². The van der Waals surface area contributed by atoms with Crippen molar-refractivity contribution in [1.82, 2.24) is 0 Å². The number of ether oxygens (including phenoxy) is 1. The number of methoxy groups -OCH3 is 1. The van der Waals surface area contributed by atoms with Crippen LogP contribution in [-0.2, 0) is 20.8 Å². The second kappa shape index (κ2) is 9.75. The second-order valence-corrected chi connectivity index (χ2v) is 13.1. The molecule has 1 fully saturated rings. The van der Waals surface area contributed by atoms with E-state index in [2.05, 4.69) is 0 Å². The van der Waals surface area contributed by atoms with Crippen molar-refractivity contribution in [1.29, 1.82) is 0 Å². The van der Waals surface area contributed by atoms with Gasteiger partial charge in [0.2, 0.25) is 9.84 Å². The lowest BCUT2D eigenvalue weighted by atomic mass is 9.64. The number of halogens is 4. The molecule has 4 atom stereocenters. The Balaban J connectivity index is 1.58. The highest BCUT2D eigenvalue weighted by atomic mass is 35.5. The van der Waals surface area contributed by atoms with Crippen molar-refractivity contribution < 1.29 is 26.3 Å². The van der Waals surface area contributed by atoms with Crippen molar-refractivity contribution in [2.75, 3.05) is 7.11 Å². The lowest BCUT2D eigenvalue weighted by molar-refractivity contribution is -0.137.